The zero-order valence-electron chi connectivity index (χ0n) is 12.1. The first-order chi connectivity index (χ1) is 10.2. The van der Waals surface area contributed by atoms with Crippen molar-refractivity contribution in [2.75, 3.05) is 19.0 Å². The van der Waals surface area contributed by atoms with Crippen molar-refractivity contribution in [1.29, 1.82) is 0 Å². The van der Waals surface area contributed by atoms with E-state index in [4.69, 9.17) is 9.47 Å². The summed E-state index contributed by atoms with van der Waals surface area (Å²) < 4.78 is 10.1. The molecule has 0 bridgehead atoms. The van der Waals surface area contributed by atoms with Crippen LogP contribution in [-0.2, 0) is 11.3 Å². The number of carbonyl (C=O) groups excluding carboxylic acids is 1. The lowest BCUT2D eigenvalue weighted by Gasteiger charge is -2.08. The van der Waals surface area contributed by atoms with Gasteiger partial charge in [0, 0.05) is 11.8 Å². The van der Waals surface area contributed by atoms with Crippen molar-refractivity contribution < 1.29 is 14.3 Å². The summed E-state index contributed by atoms with van der Waals surface area (Å²) in [7, 11) is 1.59. The number of carbonyl (C=O) groups is 1. The van der Waals surface area contributed by atoms with Gasteiger partial charge >= 0.3 is 5.97 Å². The third-order valence-electron chi connectivity index (χ3n) is 2.84. The van der Waals surface area contributed by atoms with E-state index in [1.54, 1.807) is 32.2 Å². The maximum atomic E-state index is 11.7. The Kier molecular flexibility index (Phi) is 5.15. The smallest absolute Gasteiger partial charge is 0.338 e. The normalized spacial score (nSPS) is 10.0. The fourth-order valence-electron chi connectivity index (χ4n) is 1.83. The van der Waals surface area contributed by atoms with Crippen LogP contribution in [0, 0.1) is 0 Å². The molecular formula is C16H18N2O3. The van der Waals surface area contributed by atoms with Crippen LogP contribution < -0.4 is 10.1 Å². The van der Waals surface area contributed by atoms with Crippen molar-refractivity contribution >= 4 is 11.7 Å². The Morgan fingerprint density at radius 1 is 1.24 bits per heavy atom. The van der Waals surface area contributed by atoms with Gasteiger partial charge in [0.1, 0.15) is 0 Å². The van der Waals surface area contributed by atoms with Crippen LogP contribution in [0.2, 0.25) is 0 Å². The molecule has 0 saturated carbocycles. The number of pyridine rings is 1. The van der Waals surface area contributed by atoms with Gasteiger partial charge < -0.3 is 14.8 Å². The summed E-state index contributed by atoms with van der Waals surface area (Å²) in [6, 6.07) is 12.8. The number of rotatable bonds is 6. The first-order valence-corrected chi connectivity index (χ1v) is 6.74. The number of hydrogen-bond donors (Lipinski definition) is 1. The van der Waals surface area contributed by atoms with Crippen LogP contribution in [0.3, 0.4) is 0 Å². The SMILES string of the molecule is CCOC(=O)c1cccc(NCc2cccc(OC)n2)c1. The first kappa shape index (κ1) is 14.8. The molecule has 1 aromatic heterocycles. The van der Waals surface area contributed by atoms with E-state index in [1.165, 1.54) is 0 Å². The molecule has 21 heavy (non-hydrogen) atoms. The minimum Gasteiger partial charge on any atom is -0.481 e. The third-order valence-corrected chi connectivity index (χ3v) is 2.84. The molecule has 1 N–H and O–H groups in total. The van der Waals surface area contributed by atoms with Gasteiger partial charge in [0.25, 0.3) is 0 Å². The zero-order chi connectivity index (χ0) is 15.1. The van der Waals surface area contributed by atoms with Crippen LogP contribution in [0.25, 0.3) is 0 Å². The number of aromatic nitrogens is 1. The largest absolute Gasteiger partial charge is 0.481 e. The van der Waals surface area contributed by atoms with Crippen LogP contribution in [0.4, 0.5) is 5.69 Å². The summed E-state index contributed by atoms with van der Waals surface area (Å²) >= 11 is 0. The number of ether oxygens (including phenoxy) is 2. The quantitative estimate of drug-likeness (QED) is 0.827. The molecule has 1 aromatic carbocycles. The second-order valence-corrected chi connectivity index (χ2v) is 4.33. The van der Waals surface area contributed by atoms with Gasteiger partial charge in [-0.3, -0.25) is 0 Å². The van der Waals surface area contributed by atoms with Crippen molar-refractivity contribution in [3.8, 4) is 5.88 Å². The van der Waals surface area contributed by atoms with Gasteiger partial charge in [-0.05, 0) is 31.2 Å². The number of esters is 1. The predicted octanol–water partition coefficient (Wildman–Crippen LogP) is 2.88. The topological polar surface area (TPSA) is 60.5 Å². The van der Waals surface area contributed by atoms with E-state index in [2.05, 4.69) is 10.3 Å². The van der Waals surface area contributed by atoms with Gasteiger partial charge in [0.2, 0.25) is 5.88 Å². The summed E-state index contributed by atoms with van der Waals surface area (Å²) in [4.78, 5) is 16.0. The van der Waals surface area contributed by atoms with Crippen LogP contribution in [0.1, 0.15) is 23.0 Å². The second-order valence-electron chi connectivity index (χ2n) is 4.33. The molecule has 0 amide bonds. The third kappa shape index (κ3) is 4.21. The molecule has 0 spiro atoms. The minimum absolute atomic E-state index is 0.319. The van der Waals surface area contributed by atoms with E-state index < -0.39 is 0 Å². The van der Waals surface area contributed by atoms with Crippen molar-refractivity contribution in [3.05, 3.63) is 53.7 Å². The maximum absolute atomic E-state index is 11.7. The number of nitrogens with zero attached hydrogens (tertiary/aromatic N) is 1. The van der Waals surface area contributed by atoms with Crippen molar-refractivity contribution in [2.24, 2.45) is 0 Å². The summed E-state index contributed by atoms with van der Waals surface area (Å²) in [6.45, 7) is 2.70. The minimum atomic E-state index is -0.319. The van der Waals surface area contributed by atoms with Gasteiger partial charge in [-0.25, -0.2) is 9.78 Å². The van der Waals surface area contributed by atoms with Crippen LogP contribution in [0.5, 0.6) is 5.88 Å². The predicted molar refractivity (Wildman–Crippen MR) is 80.5 cm³/mol. The van der Waals surface area contributed by atoms with Gasteiger partial charge in [-0.1, -0.05) is 12.1 Å². The highest BCUT2D eigenvalue weighted by Gasteiger charge is 2.06. The second kappa shape index (κ2) is 7.28. The molecule has 0 aliphatic rings. The van der Waals surface area contributed by atoms with E-state index >= 15 is 0 Å². The highest BCUT2D eigenvalue weighted by atomic mass is 16.5. The Labute approximate surface area is 123 Å². The molecule has 0 aliphatic carbocycles. The van der Waals surface area contributed by atoms with E-state index in [1.807, 2.05) is 24.3 Å². The lowest BCUT2D eigenvalue weighted by Crippen LogP contribution is -2.06. The summed E-state index contributed by atoms with van der Waals surface area (Å²) in [6.07, 6.45) is 0. The number of anilines is 1. The molecule has 0 saturated heterocycles. The van der Waals surface area contributed by atoms with Crippen LogP contribution in [0.15, 0.2) is 42.5 Å². The molecule has 1 heterocycles. The van der Waals surface area contributed by atoms with Gasteiger partial charge in [-0.2, -0.15) is 0 Å². The van der Waals surface area contributed by atoms with E-state index in [-0.39, 0.29) is 5.97 Å². The Morgan fingerprint density at radius 3 is 2.81 bits per heavy atom. The highest BCUT2D eigenvalue weighted by molar-refractivity contribution is 5.90. The van der Waals surface area contributed by atoms with Gasteiger partial charge in [-0.15, -0.1) is 0 Å². The Hall–Kier alpha value is -2.56. The fraction of sp³-hybridized carbons (Fsp3) is 0.250. The summed E-state index contributed by atoms with van der Waals surface area (Å²) in [5, 5.41) is 3.22. The molecule has 110 valence electrons. The summed E-state index contributed by atoms with van der Waals surface area (Å²) in [5.74, 6) is 0.259. The molecule has 0 radical (unpaired) electrons. The number of benzene rings is 1. The van der Waals surface area contributed by atoms with E-state index in [9.17, 15) is 4.79 Å². The number of nitrogens with one attached hydrogen (secondary N) is 1. The van der Waals surface area contributed by atoms with Gasteiger partial charge in [0.15, 0.2) is 0 Å². The molecular weight excluding hydrogens is 268 g/mol. The molecule has 0 unspecified atom stereocenters. The lowest BCUT2D eigenvalue weighted by atomic mass is 10.2. The van der Waals surface area contributed by atoms with E-state index in [0.29, 0.717) is 24.6 Å². The van der Waals surface area contributed by atoms with Gasteiger partial charge in [0.05, 0.1) is 31.5 Å². The maximum Gasteiger partial charge on any atom is 0.338 e. The van der Waals surface area contributed by atoms with Crippen molar-refractivity contribution in [2.45, 2.75) is 13.5 Å². The van der Waals surface area contributed by atoms with E-state index in [0.717, 1.165) is 11.4 Å². The molecule has 0 fully saturated rings. The molecule has 0 aliphatic heterocycles. The Bertz CT molecular complexity index is 614. The van der Waals surface area contributed by atoms with Crippen LogP contribution in [-0.4, -0.2) is 24.7 Å². The molecule has 2 aromatic rings. The van der Waals surface area contributed by atoms with Crippen molar-refractivity contribution in [3.63, 3.8) is 0 Å². The Morgan fingerprint density at radius 2 is 2.05 bits per heavy atom. The highest BCUT2D eigenvalue weighted by Crippen LogP contribution is 2.14. The Balaban J connectivity index is 2.02. The average Bonchev–Trinajstić information content (AvgIpc) is 2.53. The standard InChI is InChI=1S/C16H18N2O3/c1-3-21-16(19)12-6-4-7-13(10-12)17-11-14-8-5-9-15(18-14)20-2/h4-10,17H,3,11H2,1-2H3. The summed E-state index contributed by atoms with van der Waals surface area (Å²) in [5.41, 5.74) is 2.22. The van der Waals surface area contributed by atoms with Crippen molar-refractivity contribution in [1.82, 2.24) is 4.98 Å². The fourth-order valence-corrected chi connectivity index (χ4v) is 1.83. The number of hydrogen-bond acceptors (Lipinski definition) is 5. The average molecular weight is 286 g/mol. The zero-order valence-corrected chi connectivity index (χ0v) is 12.1. The molecule has 2 rings (SSSR count). The molecule has 5 nitrogen and oxygen atoms in total. The lowest BCUT2D eigenvalue weighted by molar-refractivity contribution is 0.0526. The first-order valence-electron chi connectivity index (χ1n) is 6.74. The monoisotopic (exact) mass is 286 g/mol. The molecule has 5 heteroatoms. The molecule has 0 atom stereocenters. The van der Waals surface area contributed by atoms with Crippen LogP contribution >= 0.6 is 0 Å². The number of methoxy groups -OCH3 is 1.